The van der Waals surface area contributed by atoms with Gasteiger partial charge in [0.05, 0.1) is 0 Å². The van der Waals surface area contributed by atoms with Gasteiger partial charge in [-0.25, -0.2) is 0 Å². The SMILES string of the molecule is CC(C)(C)C[P+]([O-])([O-])[O-].[Sn+2]. The van der Waals surface area contributed by atoms with Gasteiger partial charge in [-0.3, -0.25) is 0 Å². The van der Waals surface area contributed by atoms with Crippen molar-refractivity contribution in [3.05, 3.63) is 0 Å². The third-order valence-electron chi connectivity index (χ3n) is 0.668. The summed E-state index contributed by atoms with van der Waals surface area (Å²) in [5, 5.41) is 0. The molecule has 0 aliphatic carbocycles. The molecule has 0 amide bonds. The fraction of sp³-hybridized carbons (Fsp3) is 1.00. The minimum atomic E-state index is -4.29. The molecule has 0 fully saturated rings. The first kappa shape index (κ1) is 13.7. The maximum Gasteiger partial charge on any atom is 2.00 e. The molecule has 0 aliphatic rings. The Bertz CT molecular complexity index is 82.0. The van der Waals surface area contributed by atoms with E-state index < -0.39 is 13.4 Å². The minimum absolute atomic E-state index is 0. The Morgan fingerprint density at radius 3 is 1.40 bits per heavy atom. The van der Waals surface area contributed by atoms with Crippen LogP contribution in [0.25, 0.3) is 0 Å². The van der Waals surface area contributed by atoms with Crippen LogP contribution in [-0.4, -0.2) is 30.1 Å². The Hall–Kier alpha value is 1.11. The van der Waals surface area contributed by atoms with Crippen LogP contribution in [0.1, 0.15) is 20.8 Å². The van der Waals surface area contributed by atoms with Crippen LogP contribution in [0.15, 0.2) is 0 Å². The standard InChI is InChI=1S/C5H13O3P.Sn/c1-5(2,3)4-9(6,7)8;/h4H2,1-3H3,(H2,6,7,8);/q;+2/p-2. The predicted octanol–water partition coefficient (Wildman–Crippen LogP) is -1.50. The van der Waals surface area contributed by atoms with E-state index in [4.69, 9.17) is 0 Å². The first-order chi connectivity index (χ1) is 3.71. The van der Waals surface area contributed by atoms with Crippen LogP contribution in [0.2, 0.25) is 0 Å². The van der Waals surface area contributed by atoms with Crippen LogP contribution < -0.4 is 14.7 Å². The van der Waals surface area contributed by atoms with Gasteiger partial charge in [0.1, 0.15) is 0 Å². The Morgan fingerprint density at radius 1 is 1.10 bits per heavy atom. The van der Waals surface area contributed by atoms with E-state index in [-0.39, 0.29) is 30.1 Å². The summed E-state index contributed by atoms with van der Waals surface area (Å²) in [7, 11) is -4.29. The predicted molar refractivity (Wildman–Crippen MR) is 37.0 cm³/mol. The molecule has 0 rings (SSSR count). The van der Waals surface area contributed by atoms with E-state index in [0.717, 1.165) is 0 Å². The average Bonchev–Trinajstić information content (AvgIpc) is 1.14. The molecule has 0 spiro atoms. The second kappa shape index (κ2) is 4.21. The molecular weight excluding hydrogens is 258 g/mol. The molecular formula is C5H11O3PSn. The molecule has 0 aromatic carbocycles. The van der Waals surface area contributed by atoms with Gasteiger partial charge in [-0.1, -0.05) is 20.8 Å². The van der Waals surface area contributed by atoms with Gasteiger partial charge in [-0.2, -0.15) is 7.94 Å². The van der Waals surface area contributed by atoms with E-state index in [1.165, 1.54) is 0 Å². The van der Waals surface area contributed by atoms with E-state index in [9.17, 15) is 14.7 Å². The van der Waals surface area contributed by atoms with Crippen LogP contribution in [-0.2, 0) is 0 Å². The third kappa shape index (κ3) is 11.9. The molecule has 10 heavy (non-hydrogen) atoms. The summed E-state index contributed by atoms with van der Waals surface area (Å²) in [5.74, 6) is 0. The molecule has 5 heteroatoms. The maximum atomic E-state index is 10.1. The van der Waals surface area contributed by atoms with Crippen molar-refractivity contribution in [3.63, 3.8) is 0 Å². The summed E-state index contributed by atoms with van der Waals surface area (Å²) >= 11 is 0. The summed E-state index contributed by atoms with van der Waals surface area (Å²) < 4.78 is 0. The van der Waals surface area contributed by atoms with E-state index in [2.05, 4.69) is 0 Å². The molecule has 0 saturated carbocycles. The van der Waals surface area contributed by atoms with Crippen molar-refractivity contribution in [2.75, 3.05) is 6.16 Å². The molecule has 3 nitrogen and oxygen atoms in total. The van der Waals surface area contributed by atoms with Crippen molar-refractivity contribution in [2.45, 2.75) is 20.8 Å². The fourth-order valence-electron chi connectivity index (χ4n) is 0.581. The smallest absolute Gasteiger partial charge is 0.688 e. The van der Waals surface area contributed by atoms with Crippen LogP contribution in [0.5, 0.6) is 0 Å². The molecule has 0 heterocycles. The first-order valence-corrected chi connectivity index (χ1v) is 4.45. The first-order valence-electron chi connectivity index (χ1n) is 2.72. The Kier molecular flexibility index (Phi) is 5.76. The molecule has 0 aromatic heterocycles. The van der Waals surface area contributed by atoms with E-state index in [1.54, 1.807) is 20.8 Å². The van der Waals surface area contributed by atoms with Gasteiger partial charge in [0.15, 0.2) is 0 Å². The van der Waals surface area contributed by atoms with Crippen molar-refractivity contribution in [1.82, 2.24) is 0 Å². The third-order valence-corrected chi connectivity index (χ3v) is 2.00. The number of hydrogen-bond acceptors (Lipinski definition) is 3. The van der Waals surface area contributed by atoms with Crippen LogP contribution >= 0.6 is 7.94 Å². The van der Waals surface area contributed by atoms with Crippen molar-refractivity contribution in [1.29, 1.82) is 0 Å². The molecule has 0 aliphatic heterocycles. The number of hydrogen-bond donors (Lipinski definition) is 0. The van der Waals surface area contributed by atoms with Crippen molar-refractivity contribution >= 4 is 31.9 Å². The van der Waals surface area contributed by atoms with Gasteiger partial charge >= 0.3 is 23.9 Å². The van der Waals surface area contributed by atoms with E-state index in [0.29, 0.717) is 0 Å². The molecule has 0 bridgehead atoms. The largest absolute Gasteiger partial charge is 2.00 e. The normalized spacial score (nSPS) is 12.6. The van der Waals surface area contributed by atoms with Crippen LogP contribution in [0, 0.1) is 5.41 Å². The molecule has 2 radical (unpaired) electrons. The Balaban J connectivity index is 0. The monoisotopic (exact) mass is 270 g/mol. The zero-order valence-corrected chi connectivity index (χ0v) is 10.1. The van der Waals surface area contributed by atoms with Gasteiger partial charge in [-0.05, 0) is 5.41 Å². The van der Waals surface area contributed by atoms with Gasteiger partial charge in [-0.15, -0.1) is 0 Å². The summed E-state index contributed by atoms with van der Waals surface area (Å²) in [6.07, 6.45) is -0.264. The minimum Gasteiger partial charge on any atom is -0.688 e. The second-order valence-corrected chi connectivity index (χ2v) is 4.87. The van der Waals surface area contributed by atoms with E-state index in [1.807, 2.05) is 0 Å². The summed E-state index contributed by atoms with van der Waals surface area (Å²) in [5.41, 5.74) is -0.404. The van der Waals surface area contributed by atoms with Crippen molar-refractivity contribution < 1.29 is 14.7 Å². The summed E-state index contributed by atoms with van der Waals surface area (Å²) in [4.78, 5) is 30.4. The Morgan fingerprint density at radius 2 is 1.40 bits per heavy atom. The average molecular weight is 269 g/mol. The van der Waals surface area contributed by atoms with Crippen molar-refractivity contribution in [3.8, 4) is 0 Å². The van der Waals surface area contributed by atoms with Crippen LogP contribution in [0.3, 0.4) is 0 Å². The molecule has 0 atom stereocenters. The van der Waals surface area contributed by atoms with Gasteiger partial charge < -0.3 is 14.7 Å². The summed E-state index contributed by atoms with van der Waals surface area (Å²) in [6.45, 7) is 5.15. The van der Waals surface area contributed by atoms with Crippen molar-refractivity contribution in [2.24, 2.45) is 5.41 Å². The maximum absolute atomic E-state index is 10.1. The molecule has 0 unspecified atom stereocenters. The van der Waals surface area contributed by atoms with E-state index >= 15 is 0 Å². The quantitative estimate of drug-likeness (QED) is 0.429. The number of rotatable bonds is 1. The van der Waals surface area contributed by atoms with Gasteiger partial charge in [0.2, 0.25) is 0 Å². The second-order valence-electron chi connectivity index (χ2n) is 3.33. The topological polar surface area (TPSA) is 69.2 Å². The van der Waals surface area contributed by atoms with Gasteiger partial charge in [0.25, 0.3) is 0 Å². The molecule has 0 N–H and O–H groups in total. The molecule has 0 aromatic rings. The van der Waals surface area contributed by atoms with Crippen LogP contribution in [0.4, 0.5) is 0 Å². The Labute approximate surface area is 79.0 Å². The summed E-state index contributed by atoms with van der Waals surface area (Å²) in [6, 6.07) is 0. The zero-order chi connectivity index (χ0) is 7.71. The zero-order valence-electron chi connectivity index (χ0n) is 6.38. The fourth-order valence-corrected chi connectivity index (χ4v) is 1.74. The van der Waals surface area contributed by atoms with Gasteiger partial charge in [0, 0.05) is 6.16 Å². The molecule has 0 saturated heterocycles. The molecule has 58 valence electrons.